The maximum Gasteiger partial charge on any atom is 0.259 e. The number of aromatic nitrogens is 1. The summed E-state index contributed by atoms with van der Waals surface area (Å²) in [6.45, 7) is 3.26. The highest BCUT2D eigenvalue weighted by Gasteiger charge is 2.47. The molecular weight excluding hydrogens is 258 g/mol. The molecule has 2 aliphatic rings. The normalized spacial score (nSPS) is 29.8. The SMILES string of the molecule is Cc1oncc1C(=O)N1C[C@@H](N(C)C)[C@H]2OCCC[C@H]21. The molecule has 1 aromatic heterocycles. The molecule has 6 nitrogen and oxygen atoms in total. The zero-order chi connectivity index (χ0) is 14.3. The molecule has 0 N–H and O–H groups in total. The molecule has 0 unspecified atom stereocenters. The highest BCUT2D eigenvalue weighted by Crippen LogP contribution is 2.32. The topological polar surface area (TPSA) is 58.8 Å². The lowest BCUT2D eigenvalue weighted by molar-refractivity contribution is -0.0312. The number of carbonyl (C=O) groups excluding carboxylic acids is 1. The number of hydrogen-bond donors (Lipinski definition) is 0. The first-order valence-corrected chi connectivity index (χ1v) is 7.10. The predicted octanol–water partition coefficient (Wildman–Crippen LogP) is 0.917. The van der Waals surface area contributed by atoms with Crippen molar-refractivity contribution in [2.45, 2.75) is 38.0 Å². The number of ether oxygens (including phenoxy) is 1. The first-order chi connectivity index (χ1) is 9.59. The Kier molecular flexibility index (Phi) is 3.52. The lowest BCUT2D eigenvalue weighted by Crippen LogP contribution is -2.45. The van der Waals surface area contributed by atoms with Gasteiger partial charge >= 0.3 is 0 Å². The Balaban J connectivity index is 1.86. The van der Waals surface area contributed by atoms with Crippen molar-refractivity contribution in [1.29, 1.82) is 0 Å². The van der Waals surface area contributed by atoms with E-state index < -0.39 is 0 Å². The van der Waals surface area contributed by atoms with Crippen LogP contribution < -0.4 is 0 Å². The van der Waals surface area contributed by atoms with Crippen molar-refractivity contribution in [3.05, 3.63) is 17.5 Å². The molecule has 0 radical (unpaired) electrons. The minimum atomic E-state index is 0.00796. The van der Waals surface area contributed by atoms with E-state index in [4.69, 9.17) is 9.26 Å². The minimum absolute atomic E-state index is 0.00796. The van der Waals surface area contributed by atoms with Gasteiger partial charge in [0.2, 0.25) is 0 Å². The summed E-state index contributed by atoms with van der Waals surface area (Å²) in [6.07, 6.45) is 3.64. The Morgan fingerprint density at radius 1 is 1.50 bits per heavy atom. The average Bonchev–Trinajstić information content (AvgIpc) is 3.01. The highest BCUT2D eigenvalue weighted by atomic mass is 16.5. The van der Waals surface area contributed by atoms with Crippen molar-refractivity contribution in [3.8, 4) is 0 Å². The van der Waals surface area contributed by atoms with E-state index >= 15 is 0 Å². The van der Waals surface area contributed by atoms with Gasteiger partial charge in [0.1, 0.15) is 11.3 Å². The molecule has 3 rings (SSSR count). The largest absolute Gasteiger partial charge is 0.374 e. The van der Waals surface area contributed by atoms with Gasteiger partial charge < -0.3 is 19.1 Å². The molecule has 0 bridgehead atoms. The van der Waals surface area contributed by atoms with Crippen LogP contribution in [0.25, 0.3) is 0 Å². The molecule has 1 amide bonds. The third-order valence-electron chi connectivity index (χ3n) is 4.40. The fourth-order valence-corrected chi connectivity index (χ4v) is 3.28. The van der Waals surface area contributed by atoms with E-state index in [1.807, 2.05) is 19.0 Å². The average molecular weight is 279 g/mol. The van der Waals surface area contributed by atoms with Crippen molar-refractivity contribution >= 4 is 5.91 Å². The van der Waals surface area contributed by atoms with Gasteiger partial charge in [-0.1, -0.05) is 5.16 Å². The van der Waals surface area contributed by atoms with E-state index in [0.29, 0.717) is 17.9 Å². The zero-order valence-corrected chi connectivity index (χ0v) is 12.2. The number of likely N-dealkylation sites (tertiary alicyclic amines) is 1. The van der Waals surface area contributed by atoms with Gasteiger partial charge in [-0.2, -0.15) is 0 Å². The summed E-state index contributed by atoms with van der Waals surface area (Å²) in [5.41, 5.74) is 0.564. The van der Waals surface area contributed by atoms with Crippen LogP contribution in [0.15, 0.2) is 10.7 Å². The van der Waals surface area contributed by atoms with E-state index in [-0.39, 0.29) is 24.1 Å². The first kappa shape index (κ1) is 13.6. The van der Waals surface area contributed by atoms with Gasteiger partial charge in [0.25, 0.3) is 5.91 Å². The zero-order valence-electron chi connectivity index (χ0n) is 12.2. The van der Waals surface area contributed by atoms with Crippen LogP contribution in [0.4, 0.5) is 0 Å². The third kappa shape index (κ3) is 2.13. The summed E-state index contributed by atoms with van der Waals surface area (Å²) in [4.78, 5) is 16.8. The molecule has 20 heavy (non-hydrogen) atoms. The summed E-state index contributed by atoms with van der Waals surface area (Å²) < 4.78 is 10.9. The third-order valence-corrected chi connectivity index (χ3v) is 4.40. The van der Waals surface area contributed by atoms with Gasteiger partial charge in [0.15, 0.2) is 0 Å². The van der Waals surface area contributed by atoms with Crippen LogP contribution in [0.1, 0.15) is 29.0 Å². The van der Waals surface area contributed by atoms with Crippen molar-refractivity contribution in [1.82, 2.24) is 15.0 Å². The number of hydrogen-bond acceptors (Lipinski definition) is 5. The second kappa shape index (κ2) is 5.18. The van der Waals surface area contributed by atoms with Gasteiger partial charge in [-0.15, -0.1) is 0 Å². The van der Waals surface area contributed by atoms with Crippen molar-refractivity contribution < 1.29 is 14.1 Å². The van der Waals surface area contributed by atoms with Gasteiger partial charge in [-0.3, -0.25) is 4.79 Å². The smallest absolute Gasteiger partial charge is 0.259 e. The molecule has 1 aromatic rings. The van der Waals surface area contributed by atoms with Gasteiger partial charge in [-0.05, 0) is 33.9 Å². The summed E-state index contributed by atoms with van der Waals surface area (Å²) >= 11 is 0. The first-order valence-electron chi connectivity index (χ1n) is 7.10. The molecule has 0 aromatic carbocycles. The number of likely N-dealkylation sites (N-methyl/N-ethyl adjacent to an activating group) is 1. The highest BCUT2D eigenvalue weighted by molar-refractivity contribution is 5.95. The molecule has 3 heterocycles. The van der Waals surface area contributed by atoms with E-state index in [9.17, 15) is 4.79 Å². The van der Waals surface area contributed by atoms with Crippen molar-refractivity contribution in [3.63, 3.8) is 0 Å². The maximum atomic E-state index is 12.7. The molecule has 0 aliphatic carbocycles. The van der Waals surface area contributed by atoms with Gasteiger partial charge in [0.05, 0.1) is 24.4 Å². The van der Waals surface area contributed by atoms with Crippen LogP contribution >= 0.6 is 0 Å². The van der Waals surface area contributed by atoms with E-state index in [1.54, 1.807) is 6.92 Å². The molecule has 2 saturated heterocycles. The Morgan fingerprint density at radius 2 is 2.30 bits per heavy atom. The standard InChI is InChI=1S/C14H21N3O3/c1-9-10(7-15-20-9)14(18)17-8-12(16(2)3)13-11(17)5-4-6-19-13/h7,11-13H,4-6,8H2,1-3H3/t11-,12-,13+/m1/s1. The number of nitrogens with zero attached hydrogens (tertiary/aromatic N) is 3. The van der Waals surface area contributed by atoms with Crippen LogP contribution in [-0.4, -0.2) is 66.3 Å². The van der Waals surface area contributed by atoms with Crippen LogP contribution in [0.5, 0.6) is 0 Å². The number of rotatable bonds is 2. The molecule has 2 aliphatic heterocycles. The molecule has 0 saturated carbocycles. The number of amides is 1. The molecule has 6 heteroatoms. The van der Waals surface area contributed by atoms with E-state index in [0.717, 1.165) is 19.4 Å². The monoisotopic (exact) mass is 279 g/mol. The fourth-order valence-electron chi connectivity index (χ4n) is 3.28. The summed E-state index contributed by atoms with van der Waals surface area (Å²) in [5, 5.41) is 3.71. The Morgan fingerprint density at radius 3 is 2.95 bits per heavy atom. The molecule has 0 spiro atoms. The minimum Gasteiger partial charge on any atom is -0.374 e. The molecular formula is C14H21N3O3. The number of carbonyl (C=O) groups is 1. The molecule has 110 valence electrons. The summed E-state index contributed by atoms with van der Waals surface area (Å²) in [5.74, 6) is 0.588. The van der Waals surface area contributed by atoms with Gasteiger partial charge in [0, 0.05) is 13.2 Å². The predicted molar refractivity (Wildman–Crippen MR) is 72.5 cm³/mol. The molecule has 2 fully saturated rings. The number of aryl methyl sites for hydroxylation is 1. The lowest BCUT2D eigenvalue weighted by atomic mass is 10.0. The summed E-state index contributed by atoms with van der Waals surface area (Å²) in [6, 6.07) is 0.419. The lowest BCUT2D eigenvalue weighted by Gasteiger charge is -2.33. The Labute approximate surface area is 118 Å². The van der Waals surface area contributed by atoms with Crippen LogP contribution in [-0.2, 0) is 4.74 Å². The quantitative estimate of drug-likeness (QED) is 0.805. The van der Waals surface area contributed by atoms with E-state index in [1.165, 1.54) is 6.20 Å². The van der Waals surface area contributed by atoms with Crippen molar-refractivity contribution in [2.75, 3.05) is 27.2 Å². The fraction of sp³-hybridized carbons (Fsp3) is 0.714. The second-order valence-corrected chi connectivity index (χ2v) is 5.83. The van der Waals surface area contributed by atoms with Crippen LogP contribution in [0.3, 0.4) is 0 Å². The van der Waals surface area contributed by atoms with Crippen molar-refractivity contribution in [2.24, 2.45) is 0 Å². The van der Waals surface area contributed by atoms with E-state index in [2.05, 4.69) is 10.1 Å². The summed E-state index contributed by atoms with van der Waals surface area (Å²) in [7, 11) is 4.08. The van der Waals surface area contributed by atoms with Crippen LogP contribution in [0.2, 0.25) is 0 Å². The maximum absolute atomic E-state index is 12.7. The Hall–Kier alpha value is -1.40. The Bertz CT molecular complexity index is 500. The second-order valence-electron chi connectivity index (χ2n) is 5.83. The molecule has 3 atom stereocenters. The number of fused-ring (bicyclic) bond motifs is 1. The van der Waals surface area contributed by atoms with Gasteiger partial charge in [-0.25, -0.2) is 0 Å². The van der Waals surface area contributed by atoms with Crippen LogP contribution in [0, 0.1) is 6.92 Å².